The van der Waals surface area contributed by atoms with Crippen LogP contribution in [0, 0.1) is 5.82 Å². The van der Waals surface area contributed by atoms with Crippen LogP contribution in [0.5, 0.6) is 0 Å². The van der Waals surface area contributed by atoms with E-state index in [1.807, 2.05) is 13.8 Å². The Morgan fingerprint density at radius 2 is 2.05 bits per heavy atom. The smallest absolute Gasteiger partial charge is 0.125 e. The van der Waals surface area contributed by atoms with Crippen molar-refractivity contribution in [2.24, 2.45) is 5.73 Å². The summed E-state index contributed by atoms with van der Waals surface area (Å²) in [6.07, 6.45) is 1.66. The minimum absolute atomic E-state index is 0.217. The van der Waals surface area contributed by atoms with Crippen LogP contribution < -0.4 is 5.73 Å². The molecule has 0 fully saturated rings. The fourth-order valence-electron chi connectivity index (χ4n) is 2.31. The number of aromatic nitrogens is 2. The average Bonchev–Trinajstić information content (AvgIpc) is 2.62. The molecule has 1 heterocycles. The molecule has 0 unspecified atom stereocenters. The van der Waals surface area contributed by atoms with E-state index in [1.54, 1.807) is 6.07 Å². The number of rotatable bonds is 4. The number of imidazole rings is 1. The maximum absolute atomic E-state index is 13.3. The third kappa shape index (κ3) is 3.13. The normalized spacial score (nSPS) is 12.6. The molecule has 0 spiro atoms. The van der Waals surface area contributed by atoms with Crippen LogP contribution in [0.25, 0.3) is 11.0 Å². The van der Waals surface area contributed by atoms with Crippen molar-refractivity contribution >= 4 is 11.0 Å². The highest BCUT2D eigenvalue weighted by Gasteiger charge is 2.17. The van der Waals surface area contributed by atoms with Crippen LogP contribution in [-0.2, 0) is 6.42 Å². The lowest BCUT2D eigenvalue weighted by atomic mass is 10.00. The standard InChI is InChI=1S/C15H22FN3/c1-10(2)19-13-6-5-11(16)9-12(13)18-14(19)7-8-15(3,4)17/h5-6,9-10H,7-8,17H2,1-4H3. The van der Waals surface area contributed by atoms with Gasteiger partial charge in [-0.05, 0) is 46.2 Å². The quantitative estimate of drug-likeness (QED) is 0.918. The second kappa shape index (κ2) is 4.93. The molecule has 3 nitrogen and oxygen atoms in total. The van der Waals surface area contributed by atoms with Gasteiger partial charge in [0.15, 0.2) is 0 Å². The van der Waals surface area contributed by atoms with Gasteiger partial charge in [0.25, 0.3) is 0 Å². The maximum atomic E-state index is 13.3. The average molecular weight is 263 g/mol. The van der Waals surface area contributed by atoms with Gasteiger partial charge in [0, 0.05) is 24.1 Å². The molecule has 1 aromatic heterocycles. The largest absolute Gasteiger partial charge is 0.326 e. The zero-order valence-corrected chi connectivity index (χ0v) is 12.1. The van der Waals surface area contributed by atoms with Crippen LogP contribution in [0.1, 0.15) is 46.0 Å². The lowest BCUT2D eigenvalue weighted by Gasteiger charge is -2.19. The number of halogens is 1. The summed E-state index contributed by atoms with van der Waals surface area (Å²) in [5, 5.41) is 0. The van der Waals surface area contributed by atoms with E-state index in [1.165, 1.54) is 12.1 Å². The molecule has 19 heavy (non-hydrogen) atoms. The van der Waals surface area contributed by atoms with Crippen molar-refractivity contribution in [3.05, 3.63) is 29.8 Å². The summed E-state index contributed by atoms with van der Waals surface area (Å²) in [7, 11) is 0. The third-order valence-corrected chi connectivity index (χ3v) is 3.23. The monoisotopic (exact) mass is 263 g/mol. The molecule has 0 radical (unpaired) electrons. The van der Waals surface area contributed by atoms with Gasteiger partial charge >= 0.3 is 0 Å². The van der Waals surface area contributed by atoms with Crippen molar-refractivity contribution < 1.29 is 4.39 Å². The summed E-state index contributed by atoms with van der Waals surface area (Å²) < 4.78 is 15.5. The van der Waals surface area contributed by atoms with Crippen molar-refractivity contribution in [2.45, 2.75) is 52.1 Å². The zero-order valence-electron chi connectivity index (χ0n) is 12.1. The van der Waals surface area contributed by atoms with Gasteiger partial charge in [-0.3, -0.25) is 0 Å². The molecule has 0 atom stereocenters. The number of nitrogens with zero attached hydrogens (tertiary/aromatic N) is 2. The summed E-state index contributed by atoms with van der Waals surface area (Å²) in [4.78, 5) is 4.57. The van der Waals surface area contributed by atoms with E-state index in [0.29, 0.717) is 6.04 Å². The molecule has 0 bridgehead atoms. The van der Waals surface area contributed by atoms with Gasteiger partial charge in [-0.2, -0.15) is 0 Å². The predicted octanol–water partition coefficient (Wildman–Crippen LogP) is 3.43. The van der Waals surface area contributed by atoms with E-state index in [2.05, 4.69) is 23.4 Å². The molecule has 0 aliphatic rings. The molecule has 4 heteroatoms. The Hall–Kier alpha value is -1.42. The Morgan fingerprint density at radius 1 is 1.37 bits per heavy atom. The minimum atomic E-state index is -0.244. The second-order valence-electron chi connectivity index (χ2n) is 6.11. The lowest BCUT2D eigenvalue weighted by Crippen LogP contribution is -2.32. The lowest BCUT2D eigenvalue weighted by molar-refractivity contribution is 0.459. The molecule has 0 aliphatic carbocycles. The summed E-state index contributed by atoms with van der Waals surface area (Å²) in [6.45, 7) is 8.24. The predicted molar refractivity (Wildman–Crippen MR) is 76.7 cm³/mol. The highest BCUT2D eigenvalue weighted by molar-refractivity contribution is 5.76. The first kappa shape index (κ1) is 14.0. The molecule has 1 aromatic carbocycles. The van der Waals surface area contributed by atoms with E-state index < -0.39 is 0 Å². The van der Waals surface area contributed by atoms with Crippen molar-refractivity contribution in [1.29, 1.82) is 0 Å². The van der Waals surface area contributed by atoms with Gasteiger partial charge in [-0.15, -0.1) is 0 Å². The van der Waals surface area contributed by atoms with Crippen LogP contribution >= 0.6 is 0 Å². The second-order valence-corrected chi connectivity index (χ2v) is 6.11. The fourth-order valence-corrected chi connectivity index (χ4v) is 2.31. The molecule has 2 N–H and O–H groups in total. The van der Waals surface area contributed by atoms with E-state index in [9.17, 15) is 4.39 Å². The number of hydrogen-bond donors (Lipinski definition) is 1. The first-order chi connectivity index (χ1) is 8.78. The summed E-state index contributed by atoms with van der Waals surface area (Å²) in [5.41, 5.74) is 7.52. The van der Waals surface area contributed by atoms with Crippen molar-refractivity contribution in [3.63, 3.8) is 0 Å². The molecule has 2 aromatic rings. The SMILES string of the molecule is CC(C)n1c(CCC(C)(C)N)nc2cc(F)ccc21. The highest BCUT2D eigenvalue weighted by atomic mass is 19.1. The first-order valence-electron chi connectivity index (χ1n) is 6.73. The van der Waals surface area contributed by atoms with Gasteiger partial charge in [-0.25, -0.2) is 9.37 Å². The molecular formula is C15H22FN3. The van der Waals surface area contributed by atoms with Crippen LogP contribution in [0.2, 0.25) is 0 Å². The minimum Gasteiger partial charge on any atom is -0.326 e. The van der Waals surface area contributed by atoms with Gasteiger partial charge in [0.05, 0.1) is 11.0 Å². The van der Waals surface area contributed by atoms with Crippen LogP contribution in [0.3, 0.4) is 0 Å². The summed E-state index contributed by atoms with van der Waals surface area (Å²) >= 11 is 0. The Balaban J connectivity index is 2.44. The first-order valence-corrected chi connectivity index (χ1v) is 6.73. The van der Waals surface area contributed by atoms with Gasteiger partial charge in [-0.1, -0.05) is 0 Å². The molecule has 0 aliphatic heterocycles. The van der Waals surface area contributed by atoms with Crippen LogP contribution in [0.15, 0.2) is 18.2 Å². The van der Waals surface area contributed by atoms with Gasteiger partial charge < -0.3 is 10.3 Å². The molecule has 0 amide bonds. The Labute approximate surface area is 113 Å². The number of hydrogen-bond acceptors (Lipinski definition) is 2. The fraction of sp³-hybridized carbons (Fsp3) is 0.533. The van der Waals surface area contributed by atoms with Gasteiger partial charge in [0.2, 0.25) is 0 Å². The van der Waals surface area contributed by atoms with Crippen molar-refractivity contribution in [3.8, 4) is 0 Å². The number of nitrogens with two attached hydrogens (primary N) is 1. The summed E-state index contributed by atoms with van der Waals surface area (Å²) in [6, 6.07) is 5.07. The number of aryl methyl sites for hydroxylation is 1. The zero-order chi connectivity index (χ0) is 14.2. The Bertz CT molecular complexity index is 579. The maximum Gasteiger partial charge on any atom is 0.125 e. The number of benzene rings is 1. The Morgan fingerprint density at radius 3 is 2.63 bits per heavy atom. The topological polar surface area (TPSA) is 43.8 Å². The third-order valence-electron chi connectivity index (χ3n) is 3.23. The van der Waals surface area contributed by atoms with Gasteiger partial charge in [0.1, 0.15) is 11.6 Å². The number of fused-ring (bicyclic) bond motifs is 1. The van der Waals surface area contributed by atoms with Crippen molar-refractivity contribution in [1.82, 2.24) is 9.55 Å². The van der Waals surface area contributed by atoms with E-state index in [-0.39, 0.29) is 11.4 Å². The van der Waals surface area contributed by atoms with Crippen molar-refractivity contribution in [2.75, 3.05) is 0 Å². The van der Waals surface area contributed by atoms with Crippen LogP contribution in [-0.4, -0.2) is 15.1 Å². The van der Waals surface area contributed by atoms with Crippen LogP contribution in [0.4, 0.5) is 4.39 Å². The van der Waals surface area contributed by atoms with E-state index >= 15 is 0 Å². The molecule has 0 saturated carbocycles. The molecule has 2 rings (SSSR count). The van der Waals surface area contributed by atoms with E-state index in [0.717, 1.165) is 29.7 Å². The van der Waals surface area contributed by atoms with E-state index in [4.69, 9.17) is 5.73 Å². The Kier molecular flexibility index (Phi) is 3.63. The highest BCUT2D eigenvalue weighted by Crippen LogP contribution is 2.23. The molecule has 0 saturated heterocycles. The summed E-state index contributed by atoms with van der Waals surface area (Å²) in [5.74, 6) is 0.737. The molecular weight excluding hydrogens is 241 g/mol. The molecule has 104 valence electrons.